The Morgan fingerprint density at radius 3 is 2.14 bits per heavy atom. The zero-order chi connectivity index (χ0) is 31.1. The van der Waals surface area contributed by atoms with Crippen LogP contribution in [0.15, 0.2) is 84.1 Å². The van der Waals surface area contributed by atoms with Crippen molar-refractivity contribution in [2.45, 2.75) is 51.8 Å². The van der Waals surface area contributed by atoms with E-state index in [0.29, 0.717) is 31.8 Å². The average Bonchev–Trinajstić information content (AvgIpc) is 3.75. The molecule has 0 aliphatic heterocycles. The summed E-state index contributed by atoms with van der Waals surface area (Å²) in [7, 11) is 1.41. The number of carbonyl (C=O) groups excluding carboxylic acids is 2. The Balaban J connectivity index is 1.59. The Bertz CT molecular complexity index is 1370. The molecular formula is C33H41N5O4S2. The van der Waals surface area contributed by atoms with Crippen LogP contribution in [0.1, 0.15) is 36.3 Å². The number of nitrogens with one attached hydrogen (secondary N) is 1. The fourth-order valence-corrected chi connectivity index (χ4v) is 6.19. The summed E-state index contributed by atoms with van der Waals surface area (Å²) in [6, 6.07) is 19.8. The normalized spacial score (nSPS) is 12.6. The van der Waals surface area contributed by atoms with Gasteiger partial charge in [-0.25, -0.2) is 9.59 Å². The maximum atomic E-state index is 13.3. The monoisotopic (exact) mass is 635 g/mol. The minimum atomic E-state index is -0.468. The van der Waals surface area contributed by atoms with Gasteiger partial charge in [-0.2, -0.15) is 0 Å². The zero-order valence-corrected chi connectivity index (χ0v) is 27.1. The highest BCUT2D eigenvalue weighted by Crippen LogP contribution is 2.26. The molecule has 0 aliphatic carbocycles. The highest BCUT2D eigenvalue weighted by molar-refractivity contribution is 7.14. The number of thiazole rings is 2. The van der Waals surface area contributed by atoms with E-state index in [9.17, 15) is 9.59 Å². The smallest absolute Gasteiger partial charge is 0.415 e. The van der Waals surface area contributed by atoms with E-state index in [1.807, 2.05) is 36.4 Å². The second-order valence-electron chi connectivity index (χ2n) is 11.0. The molecule has 0 unspecified atom stereocenters. The van der Waals surface area contributed by atoms with Crippen LogP contribution in [0.3, 0.4) is 0 Å². The molecule has 0 fully saturated rings. The van der Waals surface area contributed by atoms with Crippen molar-refractivity contribution in [1.29, 1.82) is 0 Å². The summed E-state index contributed by atoms with van der Waals surface area (Å²) in [5.74, 6) is 0.480. The van der Waals surface area contributed by atoms with E-state index in [4.69, 9.17) is 9.47 Å². The van der Waals surface area contributed by atoms with Gasteiger partial charge in [0.2, 0.25) is 0 Å². The molecule has 0 aliphatic rings. The Morgan fingerprint density at radius 1 is 0.886 bits per heavy atom. The standard InChI is InChI=1S/C33H41N5O4S2/c1-25(2)14-15-37(20-28(16-26-10-6-4-7-11-26)36-32(39)42-22-30-18-34-23-43-30)21-29(17-27-12-8-5-9-13-27)38(33(40)41-3)31-19-35-24-44-31/h4-13,18-19,23-25,28-29H,14-17,20-22H2,1-3H3,(H,36,39)/t28-,29+/m1/s1. The summed E-state index contributed by atoms with van der Waals surface area (Å²) < 4.78 is 10.8. The molecule has 2 aromatic carbocycles. The molecule has 1 N–H and O–H groups in total. The van der Waals surface area contributed by atoms with Crippen molar-refractivity contribution < 1.29 is 19.1 Å². The number of anilines is 1. The van der Waals surface area contributed by atoms with Crippen LogP contribution in [0.4, 0.5) is 14.6 Å². The lowest BCUT2D eigenvalue weighted by Crippen LogP contribution is -2.52. The molecule has 0 spiro atoms. The zero-order valence-electron chi connectivity index (χ0n) is 25.5. The largest absolute Gasteiger partial charge is 0.452 e. The van der Waals surface area contributed by atoms with Gasteiger partial charge in [0, 0.05) is 25.3 Å². The van der Waals surface area contributed by atoms with Crippen LogP contribution in [0.25, 0.3) is 0 Å². The predicted octanol–water partition coefficient (Wildman–Crippen LogP) is 6.67. The van der Waals surface area contributed by atoms with Crippen molar-refractivity contribution in [3.63, 3.8) is 0 Å². The second-order valence-corrected chi connectivity index (χ2v) is 12.9. The minimum Gasteiger partial charge on any atom is -0.452 e. The molecule has 2 atom stereocenters. The number of rotatable bonds is 16. The third-order valence-electron chi connectivity index (χ3n) is 7.15. The Labute approximate surface area is 267 Å². The van der Waals surface area contributed by atoms with Gasteiger partial charge >= 0.3 is 12.2 Å². The summed E-state index contributed by atoms with van der Waals surface area (Å²) in [5.41, 5.74) is 5.67. The quantitative estimate of drug-likeness (QED) is 0.147. The molecule has 0 bridgehead atoms. The predicted molar refractivity (Wildman–Crippen MR) is 176 cm³/mol. The van der Waals surface area contributed by atoms with Gasteiger partial charge in [-0.05, 0) is 42.9 Å². The Morgan fingerprint density at radius 2 is 1.55 bits per heavy atom. The van der Waals surface area contributed by atoms with Crippen LogP contribution in [0.5, 0.6) is 0 Å². The maximum absolute atomic E-state index is 13.3. The van der Waals surface area contributed by atoms with E-state index in [2.05, 4.69) is 58.3 Å². The molecule has 4 rings (SSSR count). The molecule has 11 heteroatoms. The van der Waals surface area contributed by atoms with Crippen LogP contribution in [0.2, 0.25) is 0 Å². The highest BCUT2D eigenvalue weighted by Gasteiger charge is 2.30. The first kappa shape index (κ1) is 33.1. The van der Waals surface area contributed by atoms with Crippen molar-refractivity contribution in [3.8, 4) is 0 Å². The van der Waals surface area contributed by atoms with Crippen LogP contribution in [0, 0.1) is 5.92 Å². The number of amides is 2. The molecule has 44 heavy (non-hydrogen) atoms. The lowest BCUT2D eigenvalue weighted by molar-refractivity contribution is 0.131. The topological polar surface area (TPSA) is 96.9 Å². The van der Waals surface area contributed by atoms with Crippen LogP contribution < -0.4 is 10.2 Å². The van der Waals surface area contributed by atoms with Gasteiger partial charge in [-0.3, -0.25) is 19.8 Å². The fraction of sp³-hybridized carbons (Fsp3) is 0.394. The average molecular weight is 636 g/mol. The van der Waals surface area contributed by atoms with E-state index in [-0.39, 0.29) is 18.7 Å². The number of hydrogen-bond acceptors (Lipinski definition) is 9. The van der Waals surface area contributed by atoms with Gasteiger partial charge in [0.15, 0.2) is 0 Å². The van der Waals surface area contributed by atoms with Crippen LogP contribution >= 0.6 is 22.7 Å². The third kappa shape index (κ3) is 10.7. The van der Waals surface area contributed by atoms with E-state index in [1.165, 1.54) is 29.8 Å². The van der Waals surface area contributed by atoms with Crippen molar-refractivity contribution in [3.05, 3.63) is 100 Å². The van der Waals surface area contributed by atoms with Crippen LogP contribution in [-0.4, -0.2) is 65.9 Å². The maximum Gasteiger partial charge on any atom is 0.415 e. The lowest BCUT2D eigenvalue weighted by atomic mass is 10.0. The summed E-state index contributed by atoms with van der Waals surface area (Å²) in [4.78, 5) is 39.5. The van der Waals surface area contributed by atoms with E-state index in [1.54, 1.807) is 28.3 Å². The van der Waals surface area contributed by atoms with E-state index >= 15 is 0 Å². The number of hydrogen-bond donors (Lipinski definition) is 1. The van der Waals surface area contributed by atoms with Gasteiger partial charge in [0.1, 0.15) is 11.6 Å². The molecule has 0 saturated carbocycles. The first-order valence-corrected chi connectivity index (χ1v) is 16.5. The van der Waals surface area contributed by atoms with Gasteiger partial charge < -0.3 is 14.8 Å². The first-order valence-electron chi connectivity index (χ1n) is 14.8. The number of ether oxygens (including phenoxy) is 2. The molecule has 9 nitrogen and oxygen atoms in total. The first-order chi connectivity index (χ1) is 21.4. The molecule has 4 aromatic rings. The summed E-state index contributed by atoms with van der Waals surface area (Å²) in [6.07, 6.45) is 4.74. The van der Waals surface area contributed by atoms with Crippen molar-refractivity contribution >= 4 is 39.9 Å². The number of aromatic nitrogens is 2. The second kappa shape index (κ2) is 17.5. The number of nitrogens with zero attached hydrogens (tertiary/aromatic N) is 4. The van der Waals surface area contributed by atoms with Crippen molar-refractivity contribution in [2.24, 2.45) is 5.92 Å². The van der Waals surface area contributed by atoms with Gasteiger partial charge in [-0.1, -0.05) is 74.5 Å². The number of carbonyl (C=O) groups is 2. The molecule has 0 saturated heterocycles. The van der Waals surface area contributed by atoms with E-state index < -0.39 is 12.2 Å². The Kier molecular flexibility index (Phi) is 13.2. The number of methoxy groups -OCH3 is 1. The third-order valence-corrected chi connectivity index (χ3v) is 8.68. The van der Waals surface area contributed by atoms with Gasteiger partial charge in [0.25, 0.3) is 0 Å². The molecule has 234 valence electrons. The fourth-order valence-electron chi connectivity index (χ4n) is 4.99. The SMILES string of the molecule is COC(=O)N(c1cncs1)[C@@H](Cc1ccccc1)CN(CCC(C)C)C[C@@H](Cc1ccccc1)NC(=O)OCc1cncs1. The number of benzene rings is 2. The number of alkyl carbamates (subject to hydrolysis) is 1. The highest BCUT2D eigenvalue weighted by atomic mass is 32.1. The van der Waals surface area contributed by atoms with Crippen LogP contribution in [-0.2, 0) is 28.9 Å². The molecule has 2 amide bonds. The summed E-state index contributed by atoms with van der Waals surface area (Å²) >= 11 is 2.85. The van der Waals surface area contributed by atoms with Crippen molar-refractivity contribution in [1.82, 2.24) is 20.2 Å². The summed E-state index contributed by atoms with van der Waals surface area (Å²) in [6.45, 7) is 6.51. The summed E-state index contributed by atoms with van der Waals surface area (Å²) in [5, 5.41) is 3.86. The minimum absolute atomic E-state index is 0.174. The van der Waals surface area contributed by atoms with Crippen molar-refractivity contribution in [2.75, 3.05) is 31.6 Å². The van der Waals surface area contributed by atoms with E-state index in [0.717, 1.165) is 34.0 Å². The molecule has 0 radical (unpaired) electrons. The Hall–Kier alpha value is -3.80. The van der Waals surface area contributed by atoms with Gasteiger partial charge in [-0.15, -0.1) is 22.7 Å². The lowest BCUT2D eigenvalue weighted by Gasteiger charge is -2.36. The molecular weight excluding hydrogens is 595 g/mol. The molecule has 2 heterocycles. The van der Waals surface area contributed by atoms with Gasteiger partial charge in [0.05, 0.1) is 35.2 Å². The molecule has 2 aromatic heterocycles.